The van der Waals surface area contributed by atoms with Gasteiger partial charge in [0.15, 0.2) is 0 Å². The number of aromatic nitrogens is 2. The second-order valence-electron chi connectivity index (χ2n) is 4.77. The Morgan fingerprint density at radius 3 is 2.67 bits per heavy atom. The third-order valence-corrected chi connectivity index (χ3v) is 3.51. The summed E-state index contributed by atoms with van der Waals surface area (Å²) < 4.78 is 1.94. The zero-order valence-electron chi connectivity index (χ0n) is 11.7. The van der Waals surface area contributed by atoms with Gasteiger partial charge in [0, 0.05) is 25.2 Å². The topological polar surface area (TPSA) is 55.9 Å². The molecule has 4 nitrogen and oxygen atoms in total. The normalized spacial score (nSPS) is 12.4. The highest BCUT2D eigenvalue weighted by molar-refractivity contribution is 5.24. The van der Waals surface area contributed by atoms with Gasteiger partial charge in [-0.1, -0.05) is 0 Å². The lowest BCUT2D eigenvalue weighted by molar-refractivity contribution is 0.453. The van der Waals surface area contributed by atoms with Crippen LogP contribution in [0.25, 0.3) is 0 Å². The van der Waals surface area contributed by atoms with Crippen LogP contribution in [-0.2, 0) is 13.5 Å². The molecule has 1 atom stereocenters. The number of rotatable bonds is 7. The molecular formula is C14H24N4. The van der Waals surface area contributed by atoms with E-state index in [1.165, 1.54) is 11.3 Å². The van der Waals surface area contributed by atoms with Gasteiger partial charge in [0.2, 0.25) is 0 Å². The van der Waals surface area contributed by atoms with E-state index in [-0.39, 0.29) is 0 Å². The molecule has 0 saturated carbocycles. The zero-order chi connectivity index (χ0) is 13.5. The lowest BCUT2D eigenvalue weighted by Gasteiger charge is -2.15. The van der Waals surface area contributed by atoms with Gasteiger partial charge in [-0.15, -0.1) is 12.3 Å². The van der Waals surface area contributed by atoms with Crippen molar-refractivity contribution in [3.05, 3.63) is 17.0 Å². The Kier molecular flexibility index (Phi) is 5.90. The maximum atomic E-state index is 5.58. The standard InChI is InChI=1S/C14H24N4/c1-5-6-7-8-13(16-15)9-10-14-11(2)17-18(4)12(14)3/h1,13,16H,6-10,15H2,2-4H3. The molecule has 0 fully saturated rings. The molecule has 0 saturated heterocycles. The second kappa shape index (κ2) is 7.20. The number of unbranched alkanes of at least 4 members (excludes halogenated alkanes) is 1. The Morgan fingerprint density at radius 1 is 1.44 bits per heavy atom. The van der Waals surface area contributed by atoms with E-state index in [1.807, 2.05) is 11.7 Å². The second-order valence-corrected chi connectivity index (χ2v) is 4.77. The fraction of sp³-hybridized carbons (Fsp3) is 0.643. The van der Waals surface area contributed by atoms with Gasteiger partial charge in [-0.2, -0.15) is 5.10 Å². The fourth-order valence-electron chi connectivity index (χ4n) is 2.26. The van der Waals surface area contributed by atoms with E-state index < -0.39 is 0 Å². The van der Waals surface area contributed by atoms with Gasteiger partial charge >= 0.3 is 0 Å². The number of hydrogen-bond donors (Lipinski definition) is 2. The molecule has 0 radical (unpaired) electrons. The molecule has 1 unspecified atom stereocenters. The molecule has 0 aliphatic rings. The van der Waals surface area contributed by atoms with Crippen molar-refractivity contribution >= 4 is 0 Å². The summed E-state index contributed by atoms with van der Waals surface area (Å²) in [5, 5.41) is 4.43. The van der Waals surface area contributed by atoms with Crippen molar-refractivity contribution in [2.45, 2.75) is 52.0 Å². The van der Waals surface area contributed by atoms with E-state index in [0.717, 1.165) is 37.8 Å². The Hall–Kier alpha value is -1.31. The van der Waals surface area contributed by atoms with Gasteiger partial charge in [0.25, 0.3) is 0 Å². The summed E-state index contributed by atoms with van der Waals surface area (Å²) in [5.74, 6) is 8.24. The van der Waals surface area contributed by atoms with E-state index in [0.29, 0.717) is 6.04 Å². The minimum Gasteiger partial charge on any atom is -0.272 e. The first kappa shape index (κ1) is 14.7. The Morgan fingerprint density at radius 2 is 2.17 bits per heavy atom. The van der Waals surface area contributed by atoms with Crippen LogP contribution in [0.15, 0.2) is 0 Å². The molecule has 1 heterocycles. The van der Waals surface area contributed by atoms with Crippen molar-refractivity contribution in [3.8, 4) is 12.3 Å². The van der Waals surface area contributed by atoms with Crippen LogP contribution < -0.4 is 11.3 Å². The Balaban J connectivity index is 2.49. The molecule has 100 valence electrons. The van der Waals surface area contributed by atoms with Crippen molar-refractivity contribution < 1.29 is 0 Å². The first-order chi connectivity index (χ1) is 8.60. The van der Waals surface area contributed by atoms with Crippen LogP contribution in [0, 0.1) is 26.2 Å². The minimum absolute atomic E-state index is 0.331. The molecule has 0 aliphatic carbocycles. The fourth-order valence-corrected chi connectivity index (χ4v) is 2.26. The van der Waals surface area contributed by atoms with Gasteiger partial charge in [0.1, 0.15) is 0 Å². The summed E-state index contributed by atoms with van der Waals surface area (Å²) >= 11 is 0. The first-order valence-corrected chi connectivity index (χ1v) is 6.48. The van der Waals surface area contributed by atoms with Crippen molar-refractivity contribution in [2.75, 3.05) is 0 Å². The van der Waals surface area contributed by atoms with Crippen LogP contribution >= 0.6 is 0 Å². The van der Waals surface area contributed by atoms with Gasteiger partial charge < -0.3 is 0 Å². The predicted molar refractivity (Wildman–Crippen MR) is 74.8 cm³/mol. The Labute approximate surface area is 110 Å². The molecule has 1 rings (SSSR count). The number of hydrogen-bond acceptors (Lipinski definition) is 3. The van der Waals surface area contributed by atoms with Crippen LogP contribution in [-0.4, -0.2) is 15.8 Å². The number of nitrogens with two attached hydrogens (primary N) is 1. The first-order valence-electron chi connectivity index (χ1n) is 6.48. The molecule has 0 spiro atoms. The number of aryl methyl sites for hydroxylation is 2. The largest absolute Gasteiger partial charge is 0.272 e. The van der Waals surface area contributed by atoms with E-state index in [2.05, 4.69) is 30.3 Å². The predicted octanol–water partition coefficient (Wildman–Crippen LogP) is 1.60. The zero-order valence-corrected chi connectivity index (χ0v) is 11.7. The number of terminal acetylenes is 1. The van der Waals surface area contributed by atoms with E-state index in [4.69, 9.17) is 12.3 Å². The molecule has 1 aromatic heterocycles. The van der Waals surface area contributed by atoms with Gasteiger partial charge in [-0.05, 0) is 45.1 Å². The molecule has 1 aromatic rings. The number of nitrogens with zero attached hydrogens (tertiary/aromatic N) is 2. The summed E-state index contributed by atoms with van der Waals surface area (Å²) in [6.45, 7) is 4.17. The quantitative estimate of drug-likeness (QED) is 0.333. The molecule has 4 heteroatoms. The smallest absolute Gasteiger partial charge is 0.0628 e. The van der Waals surface area contributed by atoms with E-state index in [1.54, 1.807) is 0 Å². The highest BCUT2D eigenvalue weighted by atomic mass is 15.3. The minimum atomic E-state index is 0.331. The SMILES string of the molecule is C#CCCCC(CCc1c(C)nn(C)c1C)NN. The van der Waals surface area contributed by atoms with Gasteiger partial charge in [0.05, 0.1) is 5.69 Å². The summed E-state index contributed by atoms with van der Waals surface area (Å²) in [6, 6.07) is 0.331. The number of hydrazine groups is 1. The Bertz CT molecular complexity index is 414. The molecule has 0 aliphatic heterocycles. The van der Waals surface area contributed by atoms with Crippen molar-refractivity contribution in [3.63, 3.8) is 0 Å². The maximum absolute atomic E-state index is 5.58. The van der Waals surface area contributed by atoms with E-state index in [9.17, 15) is 0 Å². The van der Waals surface area contributed by atoms with Crippen LogP contribution in [0.3, 0.4) is 0 Å². The molecule has 0 bridgehead atoms. The third-order valence-electron chi connectivity index (χ3n) is 3.51. The number of nitrogens with one attached hydrogen (secondary N) is 1. The van der Waals surface area contributed by atoms with Crippen LogP contribution in [0.4, 0.5) is 0 Å². The van der Waals surface area contributed by atoms with Crippen LogP contribution in [0.5, 0.6) is 0 Å². The molecule has 18 heavy (non-hydrogen) atoms. The van der Waals surface area contributed by atoms with Crippen LogP contribution in [0.1, 0.15) is 42.6 Å². The van der Waals surface area contributed by atoms with Gasteiger partial charge in [-0.3, -0.25) is 16.0 Å². The van der Waals surface area contributed by atoms with Gasteiger partial charge in [-0.25, -0.2) is 0 Å². The molecule has 0 amide bonds. The summed E-state index contributed by atoms with van der Waals surface area (Å²) in [6.07, 6.45) is 10.2. The average molecular weight is 248 g/mol. The summed E-state index contributed by atoms with van der Waals surface area (Å²) in [5.41, 5.74) is 6.59. The molecular weight excluding hydrogens is 224 g/mol. The van der Waals surface area contributed by atoms with Crippen molar-refractivity contribution in [2.24, 2.45) is 12.9 Å². The third kappa shape index (κ3) is 3.86. The van der Waals surface area contributed by atoms with Crippen LogP contribution in [0.2, 0.25) is 0 Å². The highest BCUT2D eigenvalue weighted by Crippen LogP contribution is 2.16. The lowest BCUT2D eigenvalue weighted by Crippen LogP contribution is -2.35. The maximum Gasteiger partial charge on any atom is 0.0628 e. The summed E-state index contributed by atoms with van der Waals surface area (Å²) in [4.78, 5) is 0. The van der Waals surface area contributed by atoms with Crippen molar-refractivity contribution in [1.82, 2.24) is 15.2 Å². The van der Waals surface area contributed by atoms with E-state index >= 15 is 0 Å². The lowest BCUT2D eigenvalue weighted by atomic mass is 10.0. The monoisotopic (exact) mass is 248 g/mol. The van der Waals surface area contributed by atoms with Crippen molar-refractivity contribution in [1.29, 1.82) is 0 Å². The molecule has 3 N–H and O–H groups in total. The highest BCUT2D eigenvalue weighted by Gasteiger charge is 2.12. The average Bonchev–Trinajstić information content (AvgIpc) is 2.59. The molecule has 0 aromatic carbocycles. The summed E-state index contributed by atoms with van der Waals surface area (Å²) in [7, 11) is 1.98.